The topological polar surface area (TPSA) is 61.3 Å². The van der Waals surface area contributed by atoms with Crippen LogP contribution in [0.15, 0.2) is 54.9 Å². The maximum absolute atomic E-state index is 11.0. The first-order chi connectivity index (χ1) is 11.3. The van der Waals surface area contributed by atoms with Crippen molar-refractivity contribution in [3.63, 3.8) is 0 Å². The van der Waals surface area contributed by atoms with Crippen molar-refractivity contribution >= 4 is 16.9 Å². The van der Waals surface area contributed by atoms with Crippen LogP contribution < -0.4 is 0 Å². The summed E-state index contributed by atoms with van der Waals surface area (Å²) in [6.07, 6.45) is 3.54. The predicted molar refractivity (Wildman–Crippen MR) is 86.6 cm³/mol. The molecule has 0 radical (unpaired) electrons. The largest absolute Gasteiger partial charge is 0.467 e. The SMILES string of the molecule is COC(=O)COCc1ccc(-c2ccc3cnccc3n2)cc1. The number of ether oxygens (including phenoxy) is 2. The summed E-state index contributed by atoms with van der Waals surface area (Å²) in [6.45, 7) is 0.324. The summed E-state index contributed by atoms with van der Waals surface area (Å²) in [5, 5.41) is 1.02. The van der Waals surface area contributed by atoms with Crippen molar-refractivity contribution < 1.29 is 14.3 Å². The fourth-order valence-corrected chi connectivity index (χ4v) is 2.21. The van der Waals surface area contributed by atoms with Gasteiger partial charge in [-0.05, 0) is 23.8 Å². The lowest BCUT2D eigenvalue weighted by atomic mass is 10.1. The molecule has 2 aromatic heterocycles. The normalized spacial score (nSPS) is 10.7. The lowest BCUT2D eigenvalue weighted by molar-refractivity contribution is -0.146. The lowest BCUT2D eigenvalue weighted by Gasteiger charge is -2.06. The Labute approximate surface area is 133 Å². The molecule has 3 aromatic rings. The molecule has 0 spiro atoms. The molecule has 3 rings (SSSR count). The standard InChI is InChI=1S/C18H16N2O3/c1-22-18(21)12-23-11-13-2-4-14(5-3-13)16-7-6-15-10-19-9-8-17(15)20-16/h2-10H,11-12H2,1H3. The van der Waals surface area contributed by atoms with E-state index in [1.54, 1.807) is 12.4 Å². The Balaban J connectivity index is 1.71. The minimum atomic E-state index is -0.378. The molecule has 0 unspecified atom stereocenters. The third-order valence-corrected chi connectivity index (χ3v) is 3.46. The van der Waals surface area contributed by atoms with E-state index in [1.165, 1.54) is 7.11 Å². The van der Waals surface area contributed by atoms with Crippen LogP contribution in [0.2, 0.25) is 0 Å². The number of carbonyl (C=O) groups is 1. The van der Waals surface area contributed by atoms with E-state index in [-0.39, 0.29) is 12.6 Å². The van der Waals surface area contributed by atoms with Crippen LogP contribution in [0.1, 0.15) is 5.56 Å². The van der Waals surface area contributed by atoms with E-state index in [1.807, 2.05) is 42.5 Å². The van der Waals surface area contributed by atoms with E-state index in [4.69, 9.17) is 4.74 Å². The van der Waals surface area contributed by atoms with Gasteiger partial charge in [-0.25, -0.2) is 9.78 Å². The first kappa shape index (κ1) is 15.1. The molecule has 1 aromatic carbocycles. The van der Waals surface area contributed by atoms with E-state index < -0.39 is 0 Å². The Morgan fingerprint density at radius 2 is 1.91 bits per heavy atom. The molecule has 0 saturated heterocycles. The molecule has 116 valence electrons. The molecule has 5 nitrogen and oxygen atoms in total. The smallest absolute Gasteiger partial charge is 0.331 e. The van der Waals surface area contributed by atoms with Gasteiger partial charge in [-0.3, -0.25) is 4.98 Å². The van der Waals surface area contributed by atoms with Gasteiger partial charge in [0.15, 0.2) is 0 Å². The molecule has 5 heteroatoms. The number of aromatic nitrogens is 2. The molecule has 0 aliphatic carbocycles. The molecular weight excluding hydrogens is 292 g/mol. The molecular formula is C18H16N2O3. The van der Waals surface area contributed by atoms with Gasteiger partial charge in [0.05, 0.1) is 24.9 Å². The Morgan fingerprint density at radius 3 is 2.70 bits per heavy atom. The number of carbonyl (C=O) groups excluding carboxylic acids is 1. The highest BCUT2D eigenvalue weighted by atomic mass is 16.6. The zero-order chi connectivity index (χ0) is 16.1. The summed E-state index contributed by atoms with van der Waals surface area (Å²) in [4.78, 5) is 19.7. The number of hydrogen-bond donors (Lipinski definition) is 0. The van der Waals surface area contributed by atoms with E-state index in [0.717, 1.165) is 27.7 Å². The maximum atomic E-state index is 11.0. The number of nitrogens with zero attached hydrogens (tertiary/aromatic N) is 2. The summed E-state index contributed by atoms with van der Waals surface area (Å²) in [7, 11) is 1.34. The summed E-state index contributed by atoms with van der Waals surface area (Å²) in [5.74, 6) is -0.378. The number of hydrogen-bond acceptors (Lipinski definition) is 5. The number of methoxy groups -OCH3 is 1. The van der Waals surface area contributed by atoms with Gasteiger partial charge in [-0.15, -0.1) is 0 Å². The average Bonchev–Trinajstić information content (AvgIpc) is 2.61. The van der Waals surface area contributed by atoms with Gasteiger partial charge in [0, 0.05) is 23.3 Å². The summed E-state index contributed by atoms with van der Waals surface area (Å²) in [5.41, 5.74) is 3.84. The van der Waals surface area contributed by atoms with Crippen LogP contribution in [0.5, 0.6) is 0 Å². The molecule has 0 bridgehead atoms. The predicted octanol–water partition coefficient (Wildman–Crippen LogP) is 2.99. The van der Waals surface area contributed by atoms with E-state index >= 15 is 0 Å². The van der Waals surface area contributed by atoms with E-state index in [0.29, 0.717) is 6.61 Å². The molecule has 0 aliphatic heterocycles. The van der Waals surface area contributed by atoms with Crippen LogP contribution in [-0.4, -0.2) is 29.7 Å². The van der Waals surface area contributed by atoms with Gasteiger partial charge >= 0.3 is 5.97 Å². The fourth-order valence-electron chi connectivity index (χ4n) is 2.21. The third kappa shape index (κ3) is 3.70. The van der Waals surface area contributed by atoms with Gasteiger partial charge in [0.1, 0.15) is 6.61 Å². The molecule has 2 heterocycles. The van der Waals surface area contributed by atoms with Gasteiger partial charge in [0.25, 0.3) is 0 Å². The van der Waals surface area contributed by atoms with Crippen molar-refractivity contribution in [2.45, 2.75) is 6.61 Å². The first-order valence-corrected chi connectivity index (χ1v) is 7.21. The monoisotopic (exact) mass is 308 g/mol. The van der Waals surface area contributed by atoms with Gasteiger partial charge in [-0.1, -0.05) is 24.3 Å². The first-order valence-electron chi connectivity index (χ1n) is 7.21. The number of benzene rings is 1. The molecule has 0 fully saturated rings. The second-order valence-corrected chi connectivity index (χ2v) is 5.03. The Kier molecular flexibility index (Phi) is 4.59. The van der Waals surface area contributed by atoms with Crippen molar-refractivity contribution in [1.29, 1.82) is 0 Å². The fraction of sp³-hybridized carbons (Fsp3) is 0.167. The van der Waals surface area contributed by atoms with Crippen LogP contribution in [0.25, 0.3) is 22.2 Å². The second-order valence-electron chi connectivity index (χ2n) is 5.03. The number of rotatable bonds is 5. The molecule has 0 aliphatic rings. The number of fused-ring (bicyclic) bond motifs is 1. The van der Waals surface area contributed by atoms with Crippen LogP contribution in [-0.2, 0) is 20.9 Å². The molecule has 23 heavy (non-hydrogen) atoms. The Hall–Kier alpha value is -2.79. The summed E-state index contributed by atoms with van der Waals surface area (Å²) in [6, 6.07) is 13.8. The van der Waals surface area contributed by atoms with Crippen LogP contribution in [0.3, 0.4) is 0 Å². The van der Waals surface area contributed by atoms with E-state index in [2.05, 4.69) is 14.7 Å². The van der Waals surface area contributed by atoms with Gasteiger partial charge in [-0.2, -0.15) is 0 Å². The number of pyridine rings is 2. The van der Waals surface area contributed by atoms with Gasteiger partial charge in [0.2, 0.25) is 0 Å². The zero-order valence-electron chi connectivity index (χ0n) is 12.7. The zero-order valence-corrected chi connectivity index (χ0v) is 12.7. The van der Waals surface area contributed by atoms with Crippen LogP contribution in [0.4, 0.5) is 0 Å². The lowest BCUT2D eigenvalue weighted by Crippen LogP contribution is -2.09. The maximum Gasteiger partial charge on any atom is 0.331 e. The molecule has 0 saturated carbocycles. The Morgan fingerprint density at radius 1 is 1.09 bits per heavy atom. The number of esters is 1. The van der Waals surface area contributed by atoms with E-state index in [9.17, 15) is 4.79 Å². The Bertz CT molecular complexity index is 816. The van der Waals surface area contributed by atoms with Crippen molar-refractivity contribution in [1.82, 2.24) is 9.97 Å². The third-order valence-electron chi connectivity index (χ3n) is 3.46. The minimum Gasteiger partial charge on any atom is -0.467 e. The highest BCUT2D eigenvalue weighted by Crippen LogP contribution is 2.21. The highest BCUT2D eigenvalue weighted by Gasteiger charge is 2.03. The average molecular weight is 308 g/mol. The summed E-state index contributed by atoms with van der Waals surface area (Å²) >= 11 is 0. The molecule has 0 atom stereocenters. The summed E-state index contributed by atoms with van der Waals surface area (Å²) < 4.78 is 9.80. The van der Waals surface area contributed by atoms with Crippen LogP contribution in [0, 0.1) is 0 Å². The van der Waals surface area contributed by atoms with Crippen molar-refractivity contribution in [2.24, 2.45) is 0 Å². The minimum absolute atomic E-state index is 0.0431. The molecule has 0 amide bonds. The van der Waals surface area contributed by atoms with Gasteiger partial charge < -0.3 is 9.47 Å². The van der Waals surface area contributed by atoms with Crippen LogP contribution >= 0.6 is 0 Å². The highest BCUT2D eigenvalue weighted by molar-refractivity contribution is 5.80. The van der Waals surface area contributed by atoms with Crippen molar-refractivity contribution in [2.75, 3.05) is 13.7 Å². The van der Waals surface area contributed by atoms with Crippen molar-refractivity contribution in [3.05, 3.63) is 60.4 Å². The second kappa shape index (κ2) is 6.98. The quantitative estimate of drug-likeness (QED) is 0.678. The van der Waals surface area contributed by atoms with Crippen molar-refractivity contribution in [3.8, 4) is 11.3 Å². The molecule has 0 N–H and O–H groups in total.